The Bertz CT molecular complexity index is 656. The molecule has 1 fully saturated rings. The van der Waals surface area contributed by atoms with E-state index in [-0.39, 0.29) is 31.8 Å². The maximum absolute atomic E-state index is 12.7. The number of Topliss-reactive ketones (excluding diaryl/α,β-unsaturated/α-hetero) is 1. The molecule has 1 aliphatic rings. The maximum Gasteiger partial charge on any atom is 0.330 e. The van der Waals surface area contributed by atoms with Crippen molar-refractivity contribution < 1.29 is 28.6 Å². The summed E-state index contributed by atoms with van der Waals surface area (Å²) in [4.78, 5) is 38.0. The van der Waals surface area contributed by atoms with E-state index in [1.165, 1.54) is 0 Å². The van der Waals surface area contributed by atoms with Crippen LogP contribution in [0.3, 0.4) is 0 Å². The van der Waals surface area contributed by atoms with Crippen LogP contribution in [0.1, 0.15) is 33.1 Å². The van der Waals surface area contributed by atoms with Crippen LogP contribution < -0.4 is 10.1 Å². The lowest BCUT2D eigenvalue weighted by Crippen LogP contribution is -2.55. The van der Waals surface area contributed by atoms with Crippen molar-refractivity contribution in [2.45, 2.75) is 39.2 Å². The fraction of sp³-hybridized carbons (Fsp3) is 0.526. The predicted molar refractivity (Wildman–Crippen MR) is 95.0 cm³/mol. The summed E-state index contributed by atoms with van der Waals surface area (Å²) in [6.07, 6.45) is 1.01. The van der Waals surface area contributed by atoms with Crippen molar-refractivity contribution in [2.75, 3.05) is 25.6 Å². The zero-order chi connectivity index (χ0) is 19.2. The van der Waals surface area contributed by atoms with E-state index in [4.69, 9.17) is 14.2 Å². The third-order valence-corrected chi connectivity index (χ3v) is 4.53. The van der Waals surface area contributed by atoms with Crippen LogP contribution in [-0.4, -0.2) is 44.1 Å². The highest BCUT2D eigenvalue weighted by atomic mass is 16.5. The minimum atomic E-state index is -1.57. The van der Waals surface area contributed by atoms with Crippen molar-refractivity contribution in [3.63, 3.8) is 0 Å². The van der Waals surface area contributed by atoms with Crippen molar-refractivity contribution in [1.29, 1.82) is 0 Å². The van der Waals surface area contributed by atoms with Gasteiger partial charge in [-0.25, -0.2) is 4.79 Å². The Kier molecular flexibility index (Phi) is 6.60. The summed E-state index contributed by atoms with van der Waals surface area (Å²) in [5.74, 6) is -0.969. The highest BCUT2D eigenvalue weighted by molar-refractivity contribution is 6.10. The molecule has 1 aliphatic carbocycles. The molecule has 0 heterocycles. The number of ketones is 1. The van der Waals surface area contributed by atoms with Gasteiger partial charge in [0, 0.05) is 12.1 Å². The average molecular weight is 363 g/mol. The number of anilines is 1. The molecule has 2 atom stereocenters. The van der Waals surface area contributed by atoms with Crippen molar-refractivity contribution >= 4 is 23.4 Å². The quantitative estimate of drug-likeness (QED) is 0.560. The van der Waals surface area contributed by atoms with Crippen LogP contribution >= 0.6 is 0 Å². The van der Waals surface area contributed by atoms with Crippen LogP contribution in [0.4, 0.5) is 5.69 Å². The van der Waals surface area contributed by atoms with Gasteiger partial charge in [0.1, 0.15) is 11.8 Å². The second-order valence-electron chi connectivity index (χ2n) is 6.03. The van der Waals surface area contributed by atoms with Gasteiger partial charge in [-0.05, 0) is 51.0 Å². The molecule has 0 saturated heterocycles. The lowest BCUT2D eigenvalue weighted by atomic mass is 9.77. The molecule has 0 spiro atoms. The highest BCUT2D eigenvalue weighted by Crippen LogP contribution is 2.41. The fourth-order valence-corrected chi connectivity index (χ4v) is 3.25. The number of benzene rings is 1. The second kappa shape index (κ2) is 8.69. The van der Waals surface area contributed by atoms with E-state index in [2.05, 4.69) is 5.32 Å². The SMILES string of the molecule is CCOC(=O)C(Nc1ccc(OC)cc1)C1(C(=O)OCC)CCCC1=O. The van der Waals surface area contributed by atoms with Crippen molar-refractivity contribution in [3.8, 4) is 5.75 Å². The number of carbonyl (C=O) groups excluding carboxylic acids is 3. The van der Waals surface area contributed by atoms with Gasteiger partial charge in [-0.2, -0.15) is 0 Å². The Morgan fingerprint density at radius 2 is 1.81 bits per heavy atom. The average Bonchev–Trinajstić information content (AvgIpc) is 3.02. The summed E-state index contributed by atoms with van der Waals surface area (Å²) in [5, 5.41) is 3.02. The first kappa shape index (κ1) is 19.8. The first-order valence-electron chi connectivity index (χ1n) is 8.77. The van der Waals surface area contributed by atoms with Gasteiger partial charge in [0.15, 0.2) is 11.2 Å². The van der Waals surface area contributed by atoms with Gasteiger partial charge >= 0.3 is 11.9 Å². The minimum absolute atomic E-state index is 0.131. The van der Waals surface area contributed by atoms with Gasteiger partial charge in [-0.3, -0.25) is 9.59 Å². The number of rotatable bonds is 8. The Morgan fingerprint density at radius 3 is 2.31 bits per heavy atom. The summed E-state index contributed by atoms with van der Waals surface area (Å²) in [6.45, 7) is 3.62. The molecule has 1 saturated carbocycles. The maximum atomic E-state index is 12.7. The van der Waals surface area contributed by atoms with Gasteiger partial charge < -0.3 is 19.5 Å². The van der Waals surface area contributed by atoms with Crippen molar-refractivity contribution in [2.24, 2.45) is 5.41 Å². The molecule has 0 radical (unpaired) electrons. The Balaban J connectivity index is 2.41. The molecule has 0 amide bonds. The van der Waals surface area contributed by atoms with Gasteiger partial charge in [-0.15, -0.1) is 0 Å². The molecular formula is C19H25NO6. The molecule has 1 aromatic carbocycles. The van der Waals surface area contributed by atoms with Crippen LogP contribution in [0.5, 0.6) is 5.75 Å². The molecule has 2 unspecified atom stereocenters. The van der Waals surface area contributed by atoms with Gasteiger partial charge in [0.05, 0.1) is 20.3 Å². The van der Waals surface area contributed by atoms with Crippen molar-refractivity contribution in [1.82, 2.24) is 0 Å². The van der Waals surface area contributed by atoms with Gasteiger partial charge in [0.25, 0.3) is 0 Å². The van der Waals surface area contributed by atoms with E-state index in [9.17, 15) is 14.4 Å². The number of nitrogens with one attached hydrogen (secondary N) is 1. The Hall–Kier alpha value is -2.57. The standard InChI is InChI=1S/C19H25NO6/c1-4-25-17(22)16(20-13-8-10-14(24-3)11-9-13)19(18(23)26-5-2)12-6-7-15(19)21/h8-11,16,20H,4-7,12H2,1-3H3. The molecule has 1 N–H and O–H groups in total. The Morgan fingerprint density at radius 1 is 1.15 bits per heavy atom. The molecule has 26 heavy (non-hydrogen) atoms. The number of carbonyl (C=O) groups is 3. The molecule has 7 heteroatoms. The molecule has 0 aromatic heterocycles. The number of hydrogen-bond acceptors (Lipinski definition) is 7. The summed E-state index contributed by atoms with van der Waals surface area (Å²) < 4.78 is 15.4. The predicted octanol–water partition coefficient (Wildman–Crippen LogP) is 2.34. The number of ether oxygens (including phenoxy) is 3. The molecule has 0 aliphatic heterocycles. The molecule has 0 bridgehead atoms. The van der Waals surface area contributed by atoms with E-state index >= 15 is 0 Å². The van der Waals surface area contributed by atoms with Crippen LogP contribution in [0.25, 0.3) is 0 Å². The van der Waals surface area contributed by atoms with Gasteiger partial charge in [-0.1, -0.05) is 0 Å². The van der Waals surface area contributed by atoms with E-state index < -0.39 is 23.4 Å². The molecule has 1 aromatic rings. The number of esters is 2. The van der Waals surface area contributed by atoms with Gasteiger partial charge in [0.2, 0.25) is 0 Å². The van der Waals surface area contributed by atoms with Crippen molar-refractivity contribution in [3.05, 3.63) is 24.3 Å². The highest BCUT2D eigenvalue weighted by Gasteiger charge is 2.58. The van der Waals surface area contributed by atoms with Crippen LogP contribution in [0.2, 0.25) is 0 Å². The van der Waals surface area contributed by atoms with Crippen LogP contribution in [-0.2, 0) is 23.9 Å². The zero-order valence-corrected chi connectivity index (χ0v) is 15.4. The fourth-order valence-electron chi connectivity index (χ4n) is 3.25. The smallest absolute Gasteiger partial charge is 0.330 e. The summed E-state index contributed by atoms with van der Waals surface area (Å²) in [5.41, 5.74) is -0.991. The third-order valence-electron chi connectivity index (χ3n) is 4.53. The summed E-state index contributed by atoms with van der Waals surface area (Å²) in [6, 6.07) is 5.72. The minimum Gasteiger partial charge on any atom is -0.497 e. The summed E-state index contributed by atoms with van der Waals surface area (Å²) >= 11 is 0. The molecule has 142 valence electrons. The number of hydrogen-bond donors (Lipinski definition) is 1. The normalized spacial score (nSPS) is 20.3. The lowest BCUT2D eigenvalue weighted by molar-refractivity contribution is -0.166. The zero-order valence-electron chi connectivity index (χ0n) is 15.4. The molecule has 2 rings (SSSR count). The molecule has 7 nitrogen and oxygen atoms in total. The van der Waals surface area contributed by atoms with E-state index in [0.29, 0.717) is 17.9 Å². The first-order valence-corrected chi connectivity index (χ1v) is 8.77. The molecular weight excluding hydrogens is 338 g/mol. The largest absolute Gasteiger partial charge is 0.497 e. The lowest BCUT2D eigenvalue weighted by Gasteiger charge is -2.33. The topological polar surface area (TPSA) is 90.9 Å². The first-order chi connectivity index (χ1) is 12.5. The summed E-state index contributed by atoms with van der Waals surface area (Å²) in [7, 11) is 1.55. The second-order valence-corrected chi connectivity index (χ2v) is 6.03. The van der Waals surface area contributed by atoms with E-state index in [0.717, 1.165) is 0 Å². The Labute approximate surface area is 153 Å². The third kappa shape index (κ3) is 3.81. The van der Waals surface area contributed by atoms with Crippen LogP contribution in [0.15, 0.2) is 24.3 Å². The number of methoxy groups -OCH3 is 1. The van der Waals surface area contributed by atoms with E-state index in [1.54, 1.807) is 45.2 Å². The van der Waals surface area contributed by atoms with Crippen LogP contribution in [0, 0.1) is 5.41 Å². The monoisotopic (exact) mass is 363 g/mol. The van der Waals surface area contributed by atoms with E-state index in [1.807, 2.05) is 0 Å².